The summed E-state index contributed by atoms with van der Waals surface area (Å²) in [5.41, 5.74) is 0.518. The molecule has 0 unspecified atom stereocenters. The highest BCUT2D eigenvalue weighted by atomic mass is 32.2. The number of H-pyrrole nitrogens is 1. The first-order valence-corrected chi connectivity index (χ1v) is 11.1. The third-order valence-corrected chi connectivity index (χ3v) is 7.47. The van der Waals surface area contributed by atoms with Gasteiger partial charge in [0.25, 0.3) is 5.56 Å². The molecule has 2 N–H and O–H groups in total. The number of benzene rings is 1. The normalized spacial score (nSPS) is 18.4. The molecule has 0 saturated carbocycles. The van der Waals surface area contributed by atoms with Crippen molar-refractivity contribution in [3.63, 3.8) is 0 Å². The third kappa shape index (κ3) is 4.08. The summed E-state index contributed by atoms with van der Waals surface area (Å²) in [7, 11) is -3.87. The number of alkyl halides is 3. The molecular weight excluding hydrogens is 421 g/mol. The lowest BCUT2D eigenvalue weighted by Gasteiger charge is -2.31. The van der Waals surface area contributed by atoms with E-state index in [2.05, 4.69) is 15.3 Å². The number of aryl methyl sites for hydroxylation is 1. The number of fused-ring (bicyclic) bond motifs is 1. The molecule has 7 nitrogen and oxygen atoms in total. The molecule has 11 heteroatoms. The molecule has 4 rings (SSSR count). The highest BCUT2D eigenvalue weighted by molar-refractivity contribution is 7.89. The average molecular weight is 442 g/mol. The molecule has 30 heavy (non-hydrogen) atoms. The van der Waals surface area contributed by atoms with Crippen molar-refractivity contribution >= 4 is 16.0 Å². The summed E-state index contributed by atoms with van der Waals surface area (Å²) in [5.74, 6) is 0.393. The second kappa shape index (κ2) is 7.69. The largest absolute Gasteiger partial charge is 0.416 e. The number of sulfonamides is 1. The summed E-state index contributed by atoms with van der Waals surface area (Å²) in [5, 5.41) is 3.17. The van der Waals surface area contributed by atoms with Gasteiger partial charge in [-0.3, -0.25) is 9.78 Å². The smallest absolute Gasteiger partial charge is 0.353 e. The quantitative estimate of drug-likeness (QED) is 0.759. The number of piperidine rings is 1. The monoisotopic (exact) mass is 442 g/mol. The molecule has 1 aromatic carbocycles. The Hall–Kier alpha value is -2.40. The number of aromatic amines is 1. The van der Waals surface area contributed by atoms with Gasteiger partial charge in [0, 0.05) is 24.7 Å². The molecule has 1 aliphatic heterocycles. The van der Waals surface area contributed by atoms with Crippen LogP contribution in [0.1, 0.15) is 36.1 Å². The van der Waals surface area contributed by atoms with Crippen LogP contribution in [0.25, 0.3) is 0 Å². The van der Waals surface area contributed by atoms with E-state index < -0.39 is 21.8 Å². The van der Waals surface area contributed by atoms with Crippen molar-refractivity contribution in [2.24, 2.45) is 0 Å². The van der Waals surface area contributed by atoms with E-state index >= 15 is 0 Å². The second-order valence-electron chi connectivity index (χ2n) is 7.54. The van der Waals surface area contributed by atoms with Crippen LogP contribution < -0.4 is 10.9 Å². The predicted octanol–water partition coefficient (Wildman–Crippen LogP) is 2.54. The zero-order valence-electron chi connectivity index (χ0n) is 16.0. The Morgan fingerprint density at radius 1 is 1.10 bits per heavy atom. The van der Waals surface area contributed by atoms with Gasteiger partial charge in [0.15, 0.2) is 0 Å². The lowest BCUT2D eigenvalue weighted by atomic mass is 10.1. The van der Waals surface area contributed by atoms with E-state index in [1.807, 2.05) is 0 Å². The minimum absolute atomic E-state index is 0.0633. The number of hydrogen-bond donors (Lipinski definition) is 2. The van der Waals surface area contributed by atoms with Crippen LogP contribution in [0.4, 0.5) is 19.1 Å². The van der Waals surface area contributed by atoms with E-state index in [1.165, 1.54) is 4.31 Å². The molecular formula is C19H21F3N4O3S. The van der Waals surface area contributed by atoms with Crippen LogP contribution in [0.2, 0.25) is 0 Å². The van der Waals surface area contributed by atoms with Crippen molar-refractivity contribution in [3.05, 3.63) is 51.4 Å². The zero-order valence-corrected chi connectivity index (χ0v) is 16.8. The van der Waals surface area contributed by atoms with E-state index in [9.17, 15) is 26.4 Å². The van der Waals surface area contributed by atoms with Crippen molar-refractivity contribution in [1.29, 1.82) is 0 Å². The maximum Gasteiger partial charge on any atom is 0.416 e. The maximum atomic E-state index is 12.8. The zero-order chi connectivity index (χ0) is 21.5. The van der Waals surface area contributed by atoms with Crippen LogP contribution in [-0.2, 0) is 29.0 Å². The Morgan fingerprint density at radius 2 is 1.77 bits per heavy atom. The summed E-state index contributed by atoms with van der Waals surface area (Å²) in [4.78, 5) is 19.1. The molecule has 2 aliphatic rings. The molecule has 0 atom stereocenters. The Kier molecular flexibility index (Phi) is 5.35. The van der Waals surface area contributed by atoms with Crippen molar-refractivity contribution in [3.8, 4) is 0 Å². The third-order valence-electron chi connectivity index (χ3n) is 5.56. The highest BCUT2D eigenvalue weighted by Gasteiger charge is 2.33. The molecule has 2 heterocycles. The predicted molar refractivity (Wildman–Crippen MR) is 104 cm³/mol. The number of nitrogens with one attached hydrogen (secondary N) is 2. The number of halogens is 3. The van der Waals surface area contributed by atoms with Crippen molar-refractivity contribution in [2.45, 2.75) is 49.2 Å². The van der Waals surface area contributed by atoms with Crippen LogP contribution in [0.15, 0.2) is 34.0 Å². The summed E-state index contributed by atoms with van der Waals surface area (Å²) in [6.07, 6.45) is -1.12. The van der Waals surface area contributed by atoms with Gasteiger partial charge in [-0.05, 0) is 56.4 Å². The van der Waals surface area contributed by atoms with Gasteiger partial charge in [-0.15, -0.1) is 0 Å². The highest BCUT2D eigenvalue weighted by Crippen LogP contribution is 2.30. The first-order chi connectivity index (χ1) is 14.1. The molecule has 0 amide bonds. The van der Waals surface area contributed by atoms with Gasteiger partial charge in [-0.25, -0.2) is 13.4 Å². The van der Waals surface area contributed by atoms with Gasteiger partial charge in [0.05, 0.1) is 16.2 Å². The SMILES string of the molecule is O=c1[nH]c(NC2CCN(S(=O)(=O)c3ccc(C(F)(F)F)cc3)CC2)nc2c1CCC2. The van der Waals surface area contributed by atoms with Gasteiger partial charge >= 0.3 is 6.18 Å². The molecule has 2 aromatic rings. The second-order valence-corrected chi connectivity index (χ2v) is 9.48. The van der Waals surface area contributed by atoms with E-state index in [-0.39, 0.29) is 29.6 Å². The fourth-order valence-electron chi connectivity index (χ4n) is 3.91. The lowest BCUT2D eigenvalue weighted by Crippen LogP contribution is -2.42. The van der Waals surface area contributed by atoms with Gasteiger partial charge in [-0.2, -0.15) is 17.5 Å². The topological polar surface area (TPSA) is 95.2 Å². The minimum Gasteiger partial charge on any atom is -0.353 e. The molecule has 1 saturated heterocycles. The Morgan fingerprint density at radius 3 is 2.40 bits per heavy atom. The fourth-order valence-corrected chi connectivity index (χ4v) is 5.38. The number of anilines is 1. The Labute approximate surface area is 171 Å². The summed E-state index contributed by atoms with van der Waals surface area (Å²) < 4.78 is 64.9. The van der Waals surface area contributed by atoms with Crippen LogP contribution in [0, 0.1) is 0 Å². The van der Waals surface area contributed by atoms with E-state index in [1.54, 1.807) is 0 Å². The van der Waals surface area contributed by atoms with Gasteiger partial charge in [-0.1, -0.05) is 0 Å². The molecule has 162 valence electrons. The molecule has 0 spiro atoms. The first kappa shape index (κ1) is 20.9. The van der Waals surface area contributed by atoms with E-state index in [4.69, 9.17) is 0 Å². The molecule has 0 radical (unpaired) electrons. The van der Waals surface area contributed by atoms with Crippen molar-refractivity contribution < 1.29 is 21.6 Å². The Balaban J connectivity index is 1.40. The number of rotatable bonds is 4. The molecule has 1 fully saturated rings. The van der Waals surface area contributed by atoms with Crippen molar-refractivity contribution in [1.82, 2.24) is 14.3 Å². The number of aromatic nitrogens is 2. The molecule has 0 bridgehead atoms. The fraction of sp³-hybridized carbons (Fsp3) is 0.474. The standard InChI is InChI=1S/C19H21F3N4O3S/c20-19(21,22)12-4-6-14(7-5-12)30(28,29)26-10-8-13(9-11-26)23-18-24-16-3-1-2-15(16)17(27)25-18/h4-7,13H,1-3,8-11H2,(H2,23,24,25,27). The van der Waals surface area contributed by atoms with Crippen LogP contribution in [-0.4, -0.2) is 41.8 Å². The van der Waals surface area contributed by atoms with Crippen LogP contribution >= 0.6 is 0 Å². The van der Waals surface area contributed by atoms with E-state index in [0.29, 0.717) is 18.8 Å². The minimum atomic E-state index is -4.52. The average Bonchev–Trinajstić information content (AvgIpc) is 3.17. The summed E-state index contributed by atoms with van der Waals surface area (Å²) >= 11 is 0. The van der Waals surface area contributed by atoms with Gasteiger partial charge < -0.3 is 5.32 Å². The maximum absolute atomic E-state index is 12.8. The Bertz CT molecular complexity index is 1090. The first-order valence-electron chi connectivity index (χ1n) is 9.70. The van der Waals surface area contributed by atoms with Crippen LogP contribution in [0.5, 0.6) is 0 Å². The van der Waals surface area contributed by atoms with E-state index in [0.717, 1.165) is 54.8 Å². The molecule has 1 aromatic heterocycles. The molecule has 1 aliphatic carbocycles. The summed E-state index contributed by atoms with van der Waals surface area (Å²) in [6, 6.07) is 3.46. The summed E-state index contributed by atoms with van der Waals surface area (Å²) in [6.45, 7) is 0.437. The lowest BCUT2D eigenvalue weighted by molar-refractivity contribution is -0.137. The van der Waals surface area contributed by atoms with Crippen molar-refractivity contribution in [2.75, 3.05) is 18.4 Å². The number of hydrogen-bond acceptors (Lipinski definition) is 5. The van der Waals surface area contributed by atoms with Gasteiger partial charge in [0.1, 0.15) is 0 Å². The van der Waals surface area contributed by atoms with Crippen LogP contribution in [0.3, 0.4) is 0 Å². The van der Waals surface area contributed by atoms with Gasteiger partial charge in [0.2, 0.25) is 16.0 Å². The number of nitrogens with zero attached hydrogens (tertiary/aromatic N) is 2.